The SMILES string of the molecule is c1ccc(-n2c3ccncc3c3c(-n4c5ccccc5c5ccc6c7ccccc7oc6c54)cccc32)cc1. The number of nitrogens with zero attached hydrogens (tertiary/aromatic N) is 3. The molecule has 0 amide bonds. The van der Waals surface area contributed by atoms with Crippen molar-refractivity contribution in [2.45, 2.75) is 0 Å². The number of fused-ring (bicyclic) bond motifs is 10. The average Bonchev–Trinajstić information content (AvgIpc) is 3.65. The minimum Gasteiger partial charge on any atom is -0.454 e. The summed E-state index contributed by atoms with van der Waals surface area (Å²) in [5.41, 5.74) is 8.56. The summed E-state index contributed by atoms with van der Waals surface area (Å²) in [5, 5.41) is 6.93. The molecule has 0 saturated carbocycles. The van der Waals surface area contributed by atoms with E-state index in [2.05, 4.69) is 117 Å². The highest BCUT2D eigenvalue weighted by Crippen LogP contribution is 2.43. The largest absolute Gasteiger partial charge is 0.454 e. The van der Waals surface area contributed by atoms with E-state index in [0.29, 0.717) is 0 Å². The lowest BCUT2D eigenvalue weighted by Gasteiger charge is -2.11. The highest BCUT2D eigenvalue weighted by Gasteiger charge is 2.22. The third-order valence-corrected chi connectivity index (χ3v) is 8.00. The molecule has 9 rings (SSSR count). The van der Waals surface area contributed by atoms with Gasteiger partial charge in [-0.2, -0.15) is 0 Å². The number of hydrogen-bond acceptors (Lipinski definition) is 2. The van der Waals surface area contributed by atoms with Gasteiger partial charge in [0.05, 0.1) is 27.8 Å². The van der Waals surface area contributed by atoms with E-state index >= 15 is 0 Å². The normalized spacial score (nSPS) is 12.1. The lowest BCUT2D eigenvalue weighted by molar-refractivity contribution is 0.671. The van der Waals surface area contributed by atoms with E-state index in [1.54, 1.807) is 0 Å². The van der Waals surface area contributed by atoms with Gasteiger partial charge in [-0.25, -0.2) is 0 Å². The molecule has 0 aliphatic carbocycles. The molecule has 4 aromatic heterocycles. The maximum absolute atomic E-state index is 6.59. The van der Waals surface area contributed by atoms with Crippen molar-refractivity contribution in [3.05, 3.63) is 128 Å². The van der Waals surface area contributed by atoms with Crippen molar-refractivity contribution in [2.24, 2.45) is 0 Å². The second-order valence-electron chi connectivity index (χ2n) is 10.0. The number of rotatable bonds is 2. The first kappa shape index (κ1) is 20.7. The van der Waals surface area contributed by atoms with Crippen molar-refractivity contribution in [3.63, 3.8) is 0 Å². The van der Waals surface area contributed by atoms with Crippen molar-refractivity contribution >= 4 is 65.6 Å². The van der Waals surface area contributed by atoms with Gasteiger partial charge in [0.15, 0.2) is 5.58 Å². The Kier molecular flexibility index (Phi) is 4.02. The molecule has 39 heavy (non-hydrogen) atoms. The minimum absolute atomic E-state index is 0.903. The summed E-state index contributed by atoms with van der Waals surface area (Å²) in [6, 6.07) is 40.6. The van der Waals surface area contributed by atoms with Gasteiger partial charge in [0, 0.05) is 50.4 Å². The van der Waals surface area contributed by atoms with E-state index in [9.17, 15) is 0 Å². The second kappa shape index (κ2) is 7.59. The molecule has 182 valence electrons. The lowest BCUT2D eigenvalue weighted by Crippen LogP contribution is -1.96. The molecule has 0 spiro atoms. The minimum atomic E-state index is 0.903. The molecule has 0 aliphatic heterocycles. The third-order valence-electron chi connectivity index (χ3n) is 8.00. The number of furan rings is 1. The van der Waals surface area contributed by atoms with Gasteiger partial charge in [-0.15, -0.1) is 0 Å². The highest BCUT2D eigenvalue weighted by molar-refractivity contribution is 6.23. The topological polar surface area (TPSA) is 35.9 Å². The molecular weight excluding hydrogens is 478 g/mol. The zero-order valence-corrected chi connectivity index (χ0v) is 20.9. The van der Waals surface area contributed by atoms with Crippen molar-refractivity contribution in [1.29, 1.82) is 0 Å². The molecule has 0 fully saturated rings. The van der Waals surface area contributed by atoms with Crippen molar-refractivity contribution in [1.82, 2.24) is 14.1 Å². The average molecular weight is 500 g/mol. The maximum Gasteiger partial charge on any atom is 0.160 e. The van der Waals surface area contributed by atoms with Gasteiger partial charge in [-0.05, 0) is 48.5 Å². The molecule has 9 aromatic rings. The van der Waals surface area contributed by atoms with Crippen LogP contribution in [0.15, 0.2) is 132 Å². The Labute approximate surface area is 222 Å². The Morgan fingerprint density at radius 3 is 2.18 bits per heavy atom. The highest BCUT2D eigenvalue weighted by atomic mass is 16.3. The van der Waals surface area contributed by atoms with E-state index in [-0.39, 0.29) is 0 Å². The van der Waals surface area contributed by atoms with Gasteiger partial charge >= 0.3 is 0 Å². The van der Waals surface area contributed by atoms with Crippen molar-refractivity contribution in [2.75, 3.05) is 0 Å². The monoisotopic (exact) mass is 499 g/mol. The summed E-state index contributed by atoms with van der Waals surface area (Å²) < 4.78 is 11.3. The first-order chi connectivity index (χ1) is 19.4. The first-order valence-electron chi connectivity index (χ1n) is 13.1. The Balaban J connectivity index is 1.52. The number of aromatic nitrogens is 3. The van der Waals surface area contributed by atoms with Gasteiger partial charge in [0.1, 0.15) is 5.58 Å². The molecule has 0 N–H and O–H groups in total. The van der Waals surface area contributed by atoms with Crippen LogP contribution in [0.1, 0.15) is 0 Å². The summed E-state index contributed by atoms with van der Waals surface area (Å²) in [6.45, 7) is 0. The van der Waals surface area contributed by atoms with E-state index in [0.717, 1.165) is 60.8 Å². The fourth-order valence-electron chi connectivity index (χ4n) is 6.42. The van der Waals surface area contributed by atoms with Crippen LogP contribution in [0.25, 0.3) is 76.9 Å². The standard InChI is InChI=1S/C35H21N3O/c1-2-9-22(10-3-1)37-29-19-20-36-21-27(29)33-30(37)14-8-15-31(33)38-28-13-6-4-11-23(28)25-17-18-26-24-12-5-7-16-32(24)39-35(26)34(25)38/h1-21H. The number of para-hydroxylation sites is 3. The van der Waals surface area contributed by atoms with E-state index < -0.39 is 0 Å². The predicted molar refractivity (Wildman–Crippen MR) is 160 cm³/mol. The summed E-state index contributed by atoms with van der Waals surface area (Å²) >= 11 is 0. The third kappa shape index (κ3) is 2.70. The summed E-state index contributed by atoms with van der Waals surface area (Å²) in [6.07, 6.45) is 3.87. The molecule has 0 unspecified atom stereocenters. The fraction of sp³-hybridized carbons (Fsp3) is 0. The number of pyridine rings is 1. The van der Waals surface area contributed by atoms with Crippen LogP contribution in [0.5, 0.6) is 0 Å². The Hall–Kier alpha value is -5.35. The van der Waals surface area contributed by atoms with Crippen molar-refractivity contribution < 1.29 is 4.42 Å². The van der Waals surface area contributed by atoms with Gasteiger partial charge in [0.2, 0.25) is 0 Å². The quantitative estimate of drug-likeness (QED) is 0.238. The predicted octanol–water partition coefficient (Wildman–Crippen LogP) is 9.18. The van der Waals surface area contributed by atoms with Crippen LogP contribution in [-0.4, -0.2) is 14.1 Å². The van der Waals surface area contributed by atoms with Gasteiger partial charge in [-0.1, -0.05) is 66.7 Å². The summed E-state index contributed by atoms with van der Waals surface area (Å²) in [4.78, 5) is 4.55. The number of benzene rings is 5. The molecule has 0 saturated heterocycles. The smallest absolute Gasteiger partial charge is 0.160 e. The van der Waals surface area contributed by atoms with Crippen LogP contribution in [0.4, 0.5) is 0 Å². The molecule has 0 atom stereocenters. The maximum atomic E-state index is 6.59. The Morgan fingerprint density at radius 2 is 1.26 bits per heavy atom. The Bertz CT molecular complexity index is 2390. The van der Waals surface area contributed by atoms with Crippen LogP contribution >= 0.6 is 0 Å². The second-order valence-corrected chi connectivity index (χ2v) is 10.0. The van der Waals surface area contributed by atoms with E-state index in [1.165, 1.54) is 16.2 Å². The van der Waals surface area contributed by atoms with Crippen LogP contribution in [0.3, 0.4) is 0 Å². The fourth-order valence-corrected chi connectivity index (χ4v) is 6.42. The molecule has 0 aliphatic rings. The molecule has 4 nitrogen and oxygen atoms in total. The van der Waals surface area contributed by atoms with Gasteiger partial charge in [-0.3, -0.25) is 4.98 Å². The Morgan fingerprint density at radius 1 is 0.513 bits per heavy atom. The molecule has 4 heteroatoms. The molecule has 4 heterocycles. The van der Waals surface area contributed by atoms with Crippen LogP contribution in [-0.2, 0) is 0 Å². The zero-order valence-electron chi connectivity index (χ0n) is 20.9. The van der Waals surface area contributed by atoms with E-state index in [4.69, 9.17) is 4.42 Å². The van der Waals surface area contributed by atoms with E-state index in [1.807, 2.05) is 24.5 Å². The van der Waals surface area contributed by atoms with Crippen LogP contribution in [0.2, 0.25) is 0 Å². The van der Waals surface area contributed by atoms with Crippen molar-refractivity contribution in [3.8, 4) is 11.4 Å². The van der Waals surface area contributed by atoms with Crippen LogP contribution < -0.4 is 0 Å². The molecule has 0 radical (unpaired) electrons. The summed E-state index contributed by atoms with van der Waals surface area (Å²) in [5.74, 6) is 0. The molecular formula is C35H21N3O. The van der Waals surface area contributed by atoms with Gasteiger partial charge < -0.3 is 13.6 Å². The molecule has 5 aromatic carbocycles. The lowest BCUT2D eigenvalue weighted by atomic mass is 10.1. The van der Waals surface area contributed by atoms with Crippen LogP contribution in [0, 0.1) is 0 Å². The summed E-state index contributed by atoms with van der Waals surface area (Å²) in [7, 11) is 0. The number of hydrogen-bond donors (Lipinski definition) is 0. The first-order valence-corrected chi connectivity index (χ1v) is 13.1. The molecule has 0 bridgehead atoms. The van der Waals surface area contributed by atoms with Gasteiger partial charge in [0.25, 0.3) is 0 Å². The zero-order chi connectivity index (χ0) is 25.5.